The average Bonchev–Trinajstić information content (AvgIpc) is 3.73. The van der Waals surface area contributed by atoms with Gasteiger partial charge in [0.2, 0.25) is 0 Å². The first kappa shape index (κ1) is 24.6. The van der Waals surface area contributed by atoms with E-state index < -0.39 is 10.8 Å². The average molecular weight is 585 g/mol. The van der Waals surface area contributed by atoms with Crippen LogP contribution in [0.15, 0.2) is 156 Å². The molecular formula is C45H28O. The first-order valence-corrected chi connectivity index (χ1v) is 16.2. The summed E-state index contributed by atoms with van der Waals surface area (Å²) in [5, 5.41) is 2.38. The van der Waals surface area contributed by atoms with Gasteiger partial charge in [-0.05, 0) is 85.8 Å². The van der Waals surface area contributed by atoms with Crippen molar-refractivity contribution in [3.05, 3.63) is 202 Å². The van der Waals surface area contributed by atoms with Crippen LogP contribution in [0.5, 0.6) is 0 Å². The zero-order chi connectivity index (χ0) is 30.2. The lowest BCUT2D eigenvalue weighted by atomic mass is 9.52. The van der Waals surface area contributed by atoms with E-state index in [2.05, 4.69) is 159 Å². The largest absolute Gasteiger partial charge is 0.456 e. The summed E-state index contributed by atoms with van der Waals surface area (Å²) >= 11 is 0. The quantitative estimate of drug-likeness (QED) is 0.173. The smallest absolute Gasteiger partial charge is 0.136 e. The number of aryl methyl sites for hydroxylation is 1. The third-order valence-corrected chi connectivity index (χ3v) is 11.2. The van der Waals surface area contributed by atoms with Crippen LogP contribution in [0.3, 0.4) is 0 Å². The van der Waals surface area contributed by atoms with Gasteiger partial charge in [-0.25, -0.2) is 0 Å². The summed E-state index contributed by atoms with van der Waals surface area (Å²) in [7, 11) is 0. The van der Waals surface area contributed by atoms with E-state index >= 15 is 0 Å². The van der Waals surface area contributed by atoms with E-state index in [0.717, 1.165) is 11.2 Å². The van der Waals surface area contributed by atoms with Crippen LogP contribution in [-0.2, 0) is 10.8 Å². The van der Waals surface area contributed by atoms with E-state index in [-0.39, 0.29) is 0 Å². The Morgan fingerprint density at radius 3 is 1.54 bits per heavy atom. The molecule has 7 aromatic carbocycles. The van der Waals surface area contributed by atoms with Gasteiger partial charge in [0.05, 0.1) is 10.8 Å². The molecule has 0 bridgehead atoms. The van der Waals surface area contributed by atoms with Crippen molar-refractivity contribution in [1.82, 2.24) is 0 Å². The summed E-state index contributed by atoms with van der Waals surface area (Å²) in [6.45, 7) is 2.23. The molecule has 0 N–H and O–H groups in total. The molecule has 1 heterocycles. The Bertz CT molecular complexity index is 2520. The molecule has 3 aliphatic carbocycles. The number of para-hydroxylation sites is 1. The number of furan rings is 1. The van der Waals surface area contributed by atoms with Crippen LogP contribution in [-0.4, -0.2) is 0 Å². The maximum Gasteiger partial charge on any atom is 0.136 e. The van der Waals surface area contributed by atoms with Crippen LogP contribution >= 0.6 is 0 Å². The third kappa shape index (κ3) is 2.60. The summed E-state index contributed by atoms with van der Waals surface area (Å²) < 4.78 is 6.49. The molecule has 0 fully saturated rings. The molecule has 0 aliphatic heterocycles. The van der Waals surface area contributed by atoms with E-state index in [9.17, 15) is 0 Å². The predicted molar refractivity (Wildman–Crippen MR) is 187 cm³/mol. The van der Waals surface area contributed by atoms with Gasteiger partial charge < -0.3 is 4.42 Å². The molecule has 8 aromatic rings. The number of fused-ring (bicyclic) bond motifs is 20. The summed E-state index contributed by atoms with van der Waals surface area (Å²) in [4.78, 5) is 0. The summed E-state index contributed by atoms with van der Waals surface area (Å²) in [5.74, 6) is 0. The molecular weight excluding hydrogens is 556 g/mol. The summed E-state index contributed by atoms with van der Waals surface area (Å²) in [6.07, 6.45) is 0. The molecule has 11 rings (SSSR count). The second-order valence-corrected chi connectivity index (χ2v) is 13.2. The van der Waals surface area contributed by atoms with Gasteiger partial charge in [0, 0.05) is 10.8 Å². The van der Waals surface area contributed by atoms with Crippen LogP contribution in [0.1, 0.15) is 50.1 Å². The molecule has 3 aliphatic rings. The number of hydrogen-bond acceptors (Lipinski definition) is 1. The van der Waals surface area contributed by atoms with Crippen molar-refractivity contribution in [3.63, 3.8) is 0 Å². The van der Waals surface area contributed by atoms with Gasteiger partial charge in [0.15, 0.2) is 0 Å². The zero-order valence-electron chi connectivity index (χ0n) is 25.3. The Kier molecular flexibility index (Phi) is 4.46. The first-order chi connectivity index (χ1) is 22.7. The van der Waals surface area contributed by atoms with Gasteiger partial charge >= 0.3 is 0 Å². The maximum absolute atomic E-state index is 6.49. The van der Waals surface area contributed by atoms with E-state index in [1.54, 1.807) is 0 Å². The molecule has 214 valence electrons. The molecule has 0 unspecified atom stereocenters. The first-order valence-electron chi connectivity index (χ1n) is 16.2. The monoisotopic (exact) mass is 584 g/mol. The van der Waals surface area contributed by atoms with Crippen molar-refractivity contribution in [1.29, 1.82) is 0 Å². The van der Waals surface area contributed by atoms with Crippen LogP contribution in [0.25, 0.3) is 44.2 Å². The van der Waals surface area contributed by atoms with Crippen molar-refractivity contribution in [2.75, 3.05) is 0 Å². The van der Waals surface area contributed by atoms with Gasteiger partial charge in [-0.15, -0.1) is 0 Å². The maximum atomic E-state index is 6.49. The fraction of sp³-hybridized carbons (Fsp3) is 0.0667. The van der Waals surface area contributed by atoms with E-state index in [1.807, 2.05) is 0 Å². The topological polar surface area (TPSA) is 13.1 Å². The van der Waals surface area contributed by atoms with Crippen LogP contribution in [0, 0.1) is 6.92 Å². The van der Waals surface area contributed by atoms with Crippen molar-refractivity contribution < 1.29 is 4.42 Å². The molecule has 0 saturated carbocycles. The highest BCUT2D eigenvalue weighted by Crippen LogP contribution is 2.68. The van der Waals surface area contributed by atoms with E-state index in [0.29, 0.717) is 0 Å². The number of hydrogen-bond donors (Lipinski definition) is 0. The Morgan fingerprint density at radius 1 is 0.391 bits per heavy atom. The lowest BCUT2D eigenvalue weighted by Crippen LogP contribution is -2.43. The molecule has 1 nitrogen and oxygen atoms in total. The van der Waals surface area contributed by atoms with Gasteiger partial charge in [0.1, 0.15) is 11.2 Å². The summed E-state index contributed by atoms with van der Waals surface area (Å²) in [5.41, 5.74) is 18.3. The second-order valence-electron chi connectivity index (χ2n) is 13.2. The highest BCUT2D eigenvalue weighted by Gasteiger charge is 2.59. The van der Waals surface area contributed by atoms with E-state index in [1.165, 1.54) is 83.1 Å². The number of rotatable bonds is 0. The van der Waals surface area contributed by atoms with Crippen molar-refractivity contribution in [2.45, 2.75) is 17.8 Å². The van der Waals surface area contributed by atoms with Gasteiger partial charge in [-0.1, -0.05) is 145 Å². The van der Waals surface area contributed by atoms with Crippen LogP contribution in [0.2, 0.25) is 0 Å². The SMILES string of the molecule is Cc1ccc2c(c1)C1(c3ccccc3C3(c4ccccc4-c4ccccc43)c3ccccc31)c1ccc3oc4ccccc4c3c1-2. The lowest BCUT2D eigenvalue weighted by Gasteiger charge is -2.48. The van der Waals surface area contributed by atoms with Gasteiger partial charge in [-0.3, -0.25) is 0 Å². The van der Waals surface area contributed by atoms with Crippen molar-refractivity contribution in [3.8, 4) is 22.3 Å². The minimum absolute atomic E-state index is 0.426. The summed E-state index contributed by atoms with van der Waals surface area (Å²) in [6, 6.07) is 56.9. The number of benzene rings is 7. The molecule has 2 spiro atoms. The fourth-order valence-electron chi connectivity index (χ4n) is 9.70. The third-order valence-electron chi connectivity index (χ3n) is 11.2. The standard InChI is InChI=1S/C45H28O/c1-27-22-23-30-39(26-27)45(38-24-25-41-43(42(30)38)31-14-4-11-21-40(31)46-41)36-19-9-7-17-34(36)44(35-18-8-10-20-37(35)45)32-15-5-2-12-28(32)29-13-3-6-16-33(29)44/h2-26H,1H3. The Balaban J connectivity index is 1.38. The predicted octanol–water partition coefficient (Wildman–Crippen LogP) is 10.9. The fourth-order valence-corrected chi connectivity index (χ4v) is 9.70. The second kappa shape index (κ2) is 8.33. The molecule has 46 heavy (non-hydrogen) atoms. The highest BCUT2D eigenvalue weighted by atomic mass is 16.3. The Morgan fingerprint density at radius 2 is 0.913 bits per heavy atom. The van der Waals surface area contributed by atoms with Crippen molar-refractivity contribution >= 4 is 21.9 Å². The van der Waals surface area contributed by atoms with Crippen molar-refractivity contribution in [2.24, 2.45) is 0 Å². The van der Waals surface area contributed by atoms with Gasteiger partial charge in [-0.2, -0.15) is 0 Å². The van der Waals surface area contributed by atoms with E-state index in [4.69, 9.17) is 4.42 Å². The Labute approximate surface area is 267 Å². The van der Waals surface area contributed by atoms with Crippen LogP contribution < -0.4 is 0 Å². The molecule has 0 saturated heterocycles. The Hall–Kier alpha value is -5.66. The lowest BCUT2D eigenvalue weighted by molar-refractivity contribution is 0.632. The molecule has 0 atom stereocenters. The molecule has 0 amide bonds. The molecule has 1 heteroatoms. The molecule has 0 radical (unpaired) electrons. The normalized spacial score (nSPS) is 15.4. The highest BCUT2D eigenvalue weighted by molar-refractivity contribution is 6.15. The molecule has 1 aromatic heterocycles. The van der Waals surface area contributed by atoms with Crippen LogP contribution in [0.4, 0.5) is 0 Å². The minimum atomic E-state index is -0.492. The minimum Gasteiger partial charge on any atom is -0.456 e. The van der Waals surface area contributed by atoms with Gasteiger partial charge in [0.25, 0.3) is 0 Å². The zero-order valence-corrected chi connectivity index (χ0v) is 25.3.